The summed E-state index contributed by atoms with van der Waals surface area (Å²) in [5.41, 5.74) is 9.24. The molecule has 0 aromatic heterocycles. The SMILES string of the molecule is OCCNN1CN(NCCO)CN(NCCO)C1. The van der Waals surface area contributed by atoms with Crippen molar-refractivity contribution in [1.29, 1.82) is 0 Å². The molecule has 0 aromatic rings. The highest BCUT2D eigenvalue weighted by Crippen LogP contribution is 2.00. The van der Waals surface area contributed by atoms with Crippen LogP contribution in [-0.2, 0) is 0 Å². The average Bonchev–Trinajstić information content (AvgIpc) is 2.40. The molecule has 0 atom stereocenters. The molecule has 0 amide bonds. The van der Waals surface area contributed by atoms with Crippen LogP contribution in [0.25, 0.3) is 0 Å². The Bertz CT molecular complexity index is 171. The number of hydrazine groups is 3. The van der Waals surface area contributed by atoms with Crippen LogP contribution in [0.2, 0.25) is 0 Å². The fourth-order valence-electron chi connectivity index (χ4n) is 1.68. The van der Waals surface area contributed by atoms with Crippen molar-refractivity contribution in [3.05, 3.63) is 0 Å². The van der Waals surface area contributed by atoms with E-state index in [4.69, 9.17) is 15.3 Å². The van der Waals surface area contributed by atoms with Crippen LogP contribution in [-0.4, -0.2) is 89.8 Å². The Morgan fingerprint density at radius 3 is 1.11 bits per heavy atom. The highest BCUT2D eigenvalue weighted by molar-refractivity contribution is 4.62. The summed E-state index contributed by atoms with van der Waals surface area (Å²) >= 11 is 0. The van der Waals surface area contributed by atoms with Crippen molar-refractivity contribution in [2.45, 2.75) is 0 Å². The van der Waals surface area contributed by atoms with Gasteiger partial charge < -0.3 is 15.3 Å². The van der Waals surface area contributed by atoms with Gasteiger partial charge in [-0.2, -0.15) is 0 Å². The molecule has 18 heavy (non-hydrogen) atoms. The highest BCUT2D eigenvalue weighted by atomic mass is 16.3. The summed E-state index contributed by atoms with van der Waals surface area (Å²) in [6.07, 6.45) is 0. The number of rotatable bonds is 9. The molecule has 1 aliphatic heterocycles. The van der Waals surface area contributed by atoms with Gasteiger partial charge in [-0.1, -0.05) is 0 Å². The van der Waals surface area contributed by atoms with Gasteiger partial charge in [0.1, 0.15) is 0 Å². The number of aliphatic hydroxyl groups excluding tert-OH is 3. The Morgan fingerprint density at radius 2 is 0.889 bits per heavy atom. The zero-order valence-corrected chi connectivity index (χ0v) is 10.5. The van der Waals surface area contributed by atoms with Crippen molar-refractivity contribution >= 4 is 0 Å². The molecule has 0 saturated carbocycles. The van der Waals surface area contributed by atoms with Crippen molar-refractivity contribution in [3.8, 4) is 0 Å². The fourth-order valence-corrected chi connectivity index (χ4v) is 1.68. The predicted molar refractivity (Wildman–Crippen MR) is 65.4 cm³/mol. The van der Waals surface area contributed by atoms with E-state index in [0.29, 0.717) is 39.6 Å². The van der Waals surface area contributed by atoms with Gasteiger partial charge in [-0.3, -0.25) is 16.3 Å². The van der Waals surface area contributed by atoms with Crippen LogP contribution in [0.1, 0.15) is 0 Å². The molecule has 9 nitrogen and oxygen atoms in total. The number of nitrogens with zero attached hydrogens (tertiary/aromatic N) is 3. The molecular weight excluding hydrogens is 240 g/mol. The van der Waals surface area contributed by atoms with Gasteiger partial charge in [0, 0.05) is 19.6 Å². The van der Waals surface area contributed by atoms with Crippen LogP contribution in [0.15, 0.2) is 0 Å². The smallest absolute Gasteiger partial charge is 0.0812 e. The minimum Gasteiger partial charge on any atom is -0.395 e. The molecule has 108 valence electrons. The second-order valence-corrected chi connectivity index (χ2v) is 3.94. The van der Waals surface area contributed by atoms with Gasteiger partial charge in [-0.15, -0.1) is 0 Å². The van der Waals surface area contributed by atoms with E-state index < -0.39 is 0 Å². The molecule has 1 heterocycles. The van der Waals surface area contributed by atoms with Crippen LogP contribution in [0.4, 0.5) is 0 Å². The van der Waals surface area contributed by atoms with Crippen LogP contribution >= 0.6 is 0 Å². The standard InChI is InChI=1S/C9H24N6O3/c16-4-1-10-13-7-14(11-2-5-17)9-15(8-13)12-3-6-18/h10-12,16-18H,1-9H2. The van der Waals surface area contributed by atoms with Crippen molar-refractivity contribution in [2.75, 3.05) is 59.5 Å². The third-order valence-electron chi connectivity index (χ3n) is 2.37. The lowest BCUT2D eigenvalue weighted by Gasteiger charge is -2.42. The van der Waals surface area contributed by atoms with E-state index in [1.54, 1.807) is 0 Å². The minimum absolute atomic E-state index is 0.0740. The Balaban J connectivity index is 2.38. The summed E-state index contributed by atoms with van der Waals surface area (Å²) in [5, 5.41) is 32.2. The van der Waals surface area contributed by atoms with Gasteiger partial charge in [0.2, 0.25) is 0 Å². The van der Waals surface area contributed by atoms with Crippen molar-refractivity contribution < 1.29 is 15.3 Å². The van der Waals surface area contributed by atoms with Gasteiger partial charge >= 0.3 is 0 Å². The molecule has 1 fully saturated rings. The summed E-state index contributed by atoms with van der Waals surface area (Å²) in [4.78, 5) is 0. The lowest BCUT2D eigenvalue weighted by atomic mass is 10.6. The molecule has 0 unspecified atom stereocenters. The molecule has 0 aromatic carbocycles. The van der Waals surface area contributed by atoms with Crippen molar-refractivity contribution in [2.24, 2.45) is 0 Å². The van der Waals surface area contributed by atoms with E-state index in [2.05, 4.69) is 16.3 Å². The maximum atomic E-state index is 8.80. The second-order valence-electron chi connectivity index (χ2n) is 3.94. The van der Waals surface area contributed by atoms with E-state index in [1.165, 1.54) is 0 Å². The second kappa shape index (κ2) is 9.55. The van der Waals surface area contributed by atoms with Gasteiger partial charge in [0.25, 0.3) is 0 Å². The van der Waals surface area contributed by atoms with E-state index in [9.17, 15) is 0 Å². The monoisotopic (exact) mass is 264 g/mol. The summed E-state index contributed by atoms with van der Waals surface area (Å²) in [7, 11) is 0. The van der Waals surface area contributed by atoms with Crippen LogP contribution in [0.3, 0.4) is 0 Å². The quantitative estimate of drug-likeness (QED) is 0.251. The van der Waals surface area contributed by atoms with Crippen molar-refractivity contribution in [1.82, 2.24) is 31.3 Å². The normalized spacial score (nSPS) is 19.5. The molecule has 0 bridgehead atoms. The molecule has 9 heteroatoms. The molecular formula is C9H24N6O3. The van der Waals surface area contributed by atoms with Gasteiger partial charge in [-0.05, 0) is 0 Å². The zero-order valence-electron chi connectivity index (χ0n) is 10.5. The van der Waals surface area contributed by atoms with Crippen LogP contribution in [0, 0.1) is 0 Å². The maximum absolute atomic E-state index is 8.80. The fraction of sp³-hybridized carbons (Fsp3) is 1.00. The number of nitrogens with one attached hydrogen (secondary N) is 3. The summed E-state index contributed by atoms with van der Waals surface area (Å²) < 4.78 is 0. The lowest BCUT2D eigenvalue weighted by molar-refractivity contribution is -0.103. The predicted octanol–water partition coefficient (Wildman–Crippen LogP) is -3.73. The summed E-state index contributed by atoms with van der Waals surface area (Å²) in [5.74, 6) is 0. The first-order valence-corrected chi connectivity index (χ1v) is 6.08. The van der Waals surface area contributed by atoms with E-state index in [0.717, 1.165) is 0 Å². The summed E-state index contributed by atoms with van der Waals surface area (Å²) in [6.45, 7) is 3.59. The first kappa shape index (κ1) is 15.7. The van der Waals surface area contributed by atoms with Gasteiger partial charge in [0.15, 0.2) is 0 Å². The Hall–Kier alpha value is -0.360. The van der Waals surface area contributed by atoms with E-state index in [-0.39, 0.29) is 19.8 Å². The van der Waals surface area contributed by atoms with Crippen molar-refractivity contribution in [3.63, 3.8) is 0 Å². The highest BCUT2D eigenvalue weighted by Gasteiger charge is 2.22. The molecule has 1 aliphatic rings. The number of hydrogen-bond acceptors (Lipinski definition) is 9. The first-order chi connectivity index (χ1) is 8.80. The van der Waals surface area contributed by atoms with Crippen LogP contribution < -0.4 is 16.3 Å². The Labute approximate surface area is 107 Å². The third-order valence-corrected chi connectivity index (χ3v) is 2.37. The molecule has 0 spiro atoms. The topological polar surface area (TPSA) is 106 Å². The Morgan fingerprint density at radius 1 is 0.611 bits per heavy atom. The molecule has 1 rings (SSSR count). The Kier molecular flexibility index (Phi) is 8.33. The largest absolute Gasteiger partial charge is 0.395 e. The zero-order chi connectivity index (χ0) is 13.2. The first-order valence-electron chi connectivity index (χ1n) is 6.08. The van der Waals surface area contributed by atoms with Gasteiger partial charge in [-0.25, -0.2) is 15.0 Å². The number of aliphatic hydroxyl groups is 3. The lowest BCUT2D eigenvalue weighted by Crippen LogP contribution is -2.65. The molecule has 0 radical (unpaired) electrons. The maximum Gasteiger partial charge on any atom is 0.0812 e. The minimum atomic E-state index is 0.0740. The van der Waals surface area contributed by atoms with E-state index >= 15 is 0 Å². The number of hydrogen-bond donors (Lipinski definition) is 6. The molecule has 0 aliphatic carbocycles. The van der Waals surface area contributed by atoms with E-state index in [1.807, 2.05) is 15.0 Å². The van der Waals surface area contributed by atoms with Gasteiger partial charge in [0.05, 0.1) is 39.8 Å². The summed E-state index contributed by atoms with van der Waals surface area (Å²) in [6, 6.07) is 0. The molecule has 6 N–H and O–H groups in total. The molecule has 1 saturated heterocycles. The third kappa shape index (κ3) is 6.00. The average molecular weight is 264 g/mol. The van der Waals surface area contributed by atoms with Crippen LogP contribution in [0.5, 0.6) is 0 Å².